The van der Waals surface area contributed by atoms with Crippen LogP contribution in [0.1, 0.15) is 16.1 Å². The lowest BCUT2D eigenvalue weighted by Crippen LogP contribution is -2.07. The van der Waals surface area contributed by atoms with Gasteiger partial charge in [-0.25, -0.2) is 9.97 Å². The standard InChI is InChI=1S/C12H9F3N2O2S2/c1-6-8(5-9(18)19)20-11(17-6)21-10-7(12(13,14)15)3-2-4-16-10/h2-4H,5H2,1H3,(H,18,19). The van der Waals surface area contributed by atoms with Crippen LogP contribution < -0.4 is 0 Å². The fourth-order valence-corrected chi connectivity index (χ4v) is 3.76. The summed E-state index contributed by atoms with van der Waals surface area (Å²) in [6.45, 7) is 1.63. The van der Waals surface area contributed by atoms with E-state index in [0.717, 1.165) is 29.2 Å². The Morgan fingerprint density at radius 1 is 1.48 bits per heavy atom. The fraction of sp³-hybridized carbons (Fsp3) is 0.250. The summed E-state index contributed by atoms with van der Waals surface area (Å²) >= 11 is 1.85. The summed E-state index contributed by atoms with van der Waals surface area (Å²) in [5, 5.41) is 8.56. The molecule has 2 heterocycles. The van der Waals surface area contributed by atoms with Crippen LogP contribution in [0.2, 0.25) is 0 Å². The van der Waals surface area contributed by atoms with E-state index in [-0.39, 0.29) is 11.4 Å². The van der Waals surface area contributed by atoms with Gasteiger partial charge in [0.15, 0.2) is 4.34 Å². The van der Waals surface area contributed by atoms with Crippen LogP contribution in [0.25, 0.3) is 0 Å². The largest absolute Gasteiger partial charge is 0.481 e. The highest BCUT2D eigenvalue weighted by atomic mass is 32.2. The summed E-state index contributed by atoms with van der Waals surface area (Å²) < 4.78 is 38.9. The average Bonchev–Trinajstić information content (AvgIpc) is 2.68. The van der Waals surface area contributed by atoms with Crippen molar-refractivity contribution >= 4 is 29.1 Å². The number of aliphatic carboxylic acids is 1. The summed E-state index contributed by atoms with van der Waals surface area (Å²) in [6, 6.07) is 2.17. The van der Waals surface area contributed by atoms with Crippen LogP contribution in [0.4, 0.5) is 13.2 Å². The molecule has 0 saturated heterocycles. The Morgan fingerprint density at radius 3 is 2.81 bits per heavy atom. The zero-order valence-corrected chi connectivity index (χ0v) is 12.3. The molecule has 0 unspecified atom stereocenters. The molecule has 0 aromatic carbocycles. The Hall–Kier alpha value is -1.61. The zero-order valence-electron chi connectivity index (χ0n) is 10.6. The van der Waals surface area contributed by atoms with E-state index in [0.29, 0.717) is 14.9 Å². The molecule has 112 valence electrons. The first kappa shape index (κ1) is 15.8. The average molecular weight is 334 g/mol. The van der Waals surface area contributed by atoms with E-state index in [1.165, 1.54) is 12.3 Å². The van der Waals surface area contributed by atoms with Gasteiger partial charge in [-0.3, -0.25) is 4.79 Å². The summed E-state index contributed by atoms with van der Waals surface area (Å²) in [6.07, 6.45) is -3.42. The second-order valence-corrected chi connectivity index (χ2v) is 6.33. The molecule has 0 aliphatic heterocycles. The summed E-state index contributed by atoms with van der Waals surface area (Å²) in [7, 11) is 0. The van der Waals surface area contributed by atoms with Gasteiger partial charge in [-0.2, -0.15) is 13.2 Å². The molecule has 0 bridgehead atoms. The lowest BCUT2D eigenvalue weighted by molar-refractivity contribution is -0.140. The number of carboxylic acid groups (broad SMARTS) is 1. The SMILES string of the molecule is Cc1nc(Sc2ncccc2C(F)(F)F)sc1CC(=O)O. The van der Waals surface area contributed by atoms with Gasteiger partial charge in [0.05, 0.1) is 17.7 Å². The van der Waals surface area contributed by atoms with Gasteiger partial charge in [-0.1, -0.05) is 0 Å². The molecular formula is C12H9F3N2O2S2. The van der Waals surface area contributed by atoms with Crippen LogP contribution in [-0.4, -0.2) is 21.0 Å². The van der Waals surface area contributed by atoms with E-state index >= 15 is 0 Å². The molecule has 1 N–H and O–H groups in total. The first-order valence-corrected chi connectivity index (χ1v) is 7.29. The van der Waals surface area contributed by atoms with Crippen LogP contribution in [0, 0.1) is 6.92 Å². The third-order valence-corrected chi connectivity index (χ3v) is 4.68. The Labute approximate surface area is 126 Å². The highest BCUT2D eigenvalue weighted by Gasteiger charge is 2.34. The van der Waals surface area contributed by atoms with Gasteiger partial charge in [0.2, 0.25) is 0 Å². The number of aryl methyl sites for hydroxylation is 1. The van der Waals surface area contributed by atoms with Crippen molar-refractivity contribution in [1.82, 2.24) is 9.97 Å². The minimum Gasteiger partial charge on any atom is -0.481 e. The number of hydrogen-bond donors (Lipinski definition) is 1. The van der Waals surface area contributed by atoms with E-state index in [9.17, 15) is 18.0 Å². The zero-order chi connectivity index (χ0) is 15.6. The molecule has 0 aliphatic rings. The van der Waals surface area contributed by atoms with Crippen LogP contribution in [0.15, 0.2) is 27.7 Å². The number of carboxylic acids is 1. The van der Waals surface area contributed by atoms with Gasteiger partial charge in [-0.05, 0) is 30.8 Å². The van der Waals surface area contributed by atoms with Crippen molar-refractivity contribution in [3.8, 4) is 0 Å². The number of thiazole rings is 1. The minimum absolute atomic E-state index is 0.194. The lowest BCUT2D eigenvalue weighted by atomic mass is 10.3. The van der Waals surface area contributed by atoms with Crippen molar-refractivity contribution in [2.75, 3.05) is 0 Å². The fourth-order valence-electron chi connectivity index (χ4n) is 1.52. The maximum absolute atomic E-state index is 12.9. The number of nitrogens with zero attached hydrogens (tertiary/aromatic N) is 2. The van der Waals surface area contributed by atoms with Crippen molar-refractivity contribution < 1.29 is 23.1 Å². The molecular weight excluding hydrogens is 325 g/mol. The highest BCUT2D eigenvalue weighted by Crippen LogP contribution is 2.39. The molecule has 2 aromatic rings. The molecule has 2 aromatic heterocycles. The van der Waals surface area contributed by atoms with Crippen molar-refractivity contribution in [2.45, 2.75) is 28.9 Å². The Morgan fingerprint density at radius 2 is 2.19 bits per heavy atom. The van der Waals surface area contributed by atoms with Gasteiger partial charge < -0.3 is 5.11 Å². The van der Waals surface area contributed by atoms with Crippen LogP contribution in [-0.2, 0) is 17.4 Å². The molecule has 0 atom stereocenters. The maximum atomic E-state index is 12.9. The Kier molecular flexibility index (Phi) is 4.52. The highest BCUT2D eigenvalue weighted by molar-refractivity contribution is 8.01. The summed E-state index contributed by atoms with van der Waals surface area (Å²) in [5.74, 6) is -1.01. The van der Waals surface area contributed by atoms with Crippen molar-refractivity contribution in [1.29, 1.82) is 0 Å². The predicted molar refractivity (Wildman–Crippen MR) is 71.6 cm³/mol. The number of carbonyl (C=O) groups is 1. The third kappa shape index (κ3) is 3.94. The quantitative estimate of drug-likeness (QED) is 0.925. The van der Waals surface area contributed by atoms with Crippen molar-refractivity contribution in [3.05, 3.63) is 34.5 Å². The maximum Gasteiger partial charge on any atom is 0.419 e. The second-order valence-electron chi connectivity index (χ2n) is 4.01. The Balaban J connectivity index is 2.29. The van der Waals surface area contributed by atoms with Gasteiger partial charge in [0.1, 0.15) is 5.03 Å². The number of alkyl halides is 3. The van der Waals surface area contributed by atoms with Crippen LogP contribution >= 0.6 is 23.1 Å². The molecule has 0 spiro atoms. The number of rotatable bonds is 4. The summed E-state index contributed by atoms with van der Waals surface area (Å²) in [4.78, 5) is 19.0. The molecule has 0 fully saturated rings. The van der Waals surface area contributed by atoms with Crippen LogP contribution in [0.5, 0.6) is 0 Å². The van der Waals surface area contributed by atoms with Crippen LogP contribution in [0.3, 0.4) is 0 Å². The van der Waals surface area contributed by atoms with E-state index in [1.807, 2.05) is 0 Å². The third-order valence-electron chi connectivity index (χ3n) is 2.45. The van der Waals surface area contributed by atoms with E-state index in [2.05, 4.69) is 9.97 Å². The van der Waals surface area contributed by atoms with E-state index in [1.54, 1.807) is 6.92 Å². The normalized spacial score (nSPS) is 11.6. The lowest BCUT2D eigenvalue weighted by Gasteiger charge is -2.09. The van der Waals surface area contributed by atoms with Gasteiger partial charge in [-0.15, -0.1) is 11.3 Å². The number of pyridine rings is 1. The topological polar surface area (TPSA) is 63.1 Å². The van der Waals surface area contributed by atoms with Crippen molar-refractivity contribution in [3.63, 3.8) is 0 Å². The Bertz CT molecular complexity index is 671. The predicted octanol–water partition coefficient (Wildman–Crippen LogP) is 3.64. The summed E-state index contributed by atoms with van der Waals surface area (Å²) in [5.41, 5.74) is -0.322. The van der Waals surface area contributed by atoms with Gasteiger partial charge in [0, 0.05) is 11.1 Å². The van der Waals surface area contributed by atoms with E-state index in [4.69, 9.17) is 5.11 Å². The molecule has 9 heteroatoms. The number of hydrogen-bond acceptors (Lipinski definition) is 5. The first-order chi connectivity index (χ1) is 9.77. The van der Waals surface area contributed by atoms with Gasteiger partial charge in [0.25, 0.3) is 0 Å². The monoisotopic (exact) mass is 334 g/mol. The van der Waals surface area contributed by atoms with Crippen molar-refractivity contribution in [2.24, 2.45) is 0 Å². The number of aromatic nitrogens is 2. The molecule has 0 amide bonds. The minimum atomic E-state index is -4.49. The number of halogens is 3. The molecule has 4 nitrogen and oxygen atoms in total. The second kappa shape index (κ2) is 6.02. The van der Waals surface area contributed by atoms with Gasteiger partial charge >= 0.3 is 12.1 Å². The molecule has 21 heavy (non-hydrogen) atoms. The molecule has 0 saturated carbocycles. The first-order valence-electron chi connectivity index (χ1n) is 5.65. The van der Waals surface area contributed by atoms with E-state index < -0.39 is 17.7 Å². The molecule has 2 rings (SSSR count). The smallest absolute Gasteiger partial charge is 0.419 e. The molecule has 0 radical (unpaired) electrons. The molecule has 0 aliphatic carbocycles.